The van der Waals surface area contributed by atoms with E-state index in [1.807, 2.05) is 30.4 Å². The van der Waals surface area contributed by atoms with Crippen LogP contribution in [0, 0.1) is 5.41 Å². The van der Waals surface area contributed by atoms with Gasteiger partial charge in [-0.05, 0) is 35.3 Å². The maximum Gasteiger partial charge on any atom is 0.247 e. The average molecular weight is 325 g/mol. The second-order valence-electron chi connectivity index (χ2n) is 5.71. The van der Waals surface area contributed by atoms with Crippen LogP contribution >= 0.6 is 11.6 Å². The number of hydrogen-bond acceptors (Lipinski definition) is 2. The van der Waals surface area contributed by atoms with Gasteiger partial charge in [0.25, 0.3) is 0 Å². The highest BCUT2D eigenvalue weighted by Gasteiger charge is 2.48. The molecule has 2 heterocycles. The smallest absolute Gasteiger partial charge is 0.247 e. The lowest BCUT2D eigenvalue weighted by atomic mass is 9.63. The van der Waals surface area contributed by atoms with Crippen LogP contribution in [0.25, 0.3) is 5.57 Å². The van der Waals surface area contributed by atoms with Gasteiger partial charge in [-0.25, -0.2) is 0 Å². The molecule has 0 bridgehead atoms. The number of rotatable bonds is 1. The average Bonchev–Trinajstić information content (AvgIpc) is 2.56. The molecule has 2 N–H and O–H groups in total. The third-order valence-electron chi connectivity index (χ3n) is 4.51. The predicted molar refractivity (Wildman–Crippen MR) is 89.5 cm³/mol. The standard InChI is InChI=1S/C18H13ClN2O2/c19-13-6-7-18-12(8-13)2-1-3-15(18)14(10-21-17(18)23)11-4-5-16(22)20-9-11/h1-6,8-10H,7H2,(H,20,22)(H,21,23). The van der Waals surface area contributed by atoms with E-state index in [4.69, 9.17) is 11.6 Å². The van der Waals surface area contributed by atoms with Crippen LogP contribution in [-0.2, 0) is 4.79 Å². The molecule has 0 saturated heterocycles. The fourth-order valence-corrected chi connectivity index (χ4v) is 3.56. The minimum Gasteiger partial charge on any atom is -0.331 e. The molecule has 1 aromatic heterocycles. The lowest BCUT2D eigenvalue weighted by Crippen LogP contribution is -2.46. The lowest BCUT2D eigenvalue weighted by Gasteiger charge is -2.42. The molecule has 1 atom stereocenters. The third kappa shape index (κ3) is 1.99. The second-order valence-corrected chi connectivity index (χ2v) is 6.15. The number of carbonyl (C=O) groups is 1. The van der Waals surface area contributed by atoms with Crippen molar-refractivity contribution in [1.82, 2.24) is 10.3 Å². The van der Waals surface area contributed by atoms with Crippen molar-refractivity contribution in [3.8, 4) is 0 Å². The van der Waals surface area contributed by atoms with Crippen LogP contribution < -0.4 is 10.9 Å². The molecule has 0 saturated carbocycles. The molecular formula is C18H13ClN2O2. The maximum atomic E-state index is 12.7. The molecule has 5 heteroatoms. The van der Waals surface area contributed by atoms with Crippen LogP contribution in [0.3, 0.4) is 0 Å². The summed E-state index contributed by atoms with van der Waals surface area (Å²) in [6.45, 7) is 0. The Hall–Kier alpha value is -2.59. The molecule has 1 spiro atoms. The normalized spacial score (nSPS) is 25.3. The summed E-state index contributed by atoms with van der Waals surface area (Å²) < 4.78 is 0. The van der Waals surface area contributed by atoms with Gasteiger partial charge in [0.05, 0.1) is 0 Å². The van der Waals surface area contributed by atoms with Gasteiger partial charge in [-0.3, -0.25) is 9.59 Å². The Morgan fingerprint density at radius 3 is 2.87 bits per heavy atom. The van der Waals surface area contributed by atoms with Crippen molar-refractivity contribution in [2.45, 2.75) is 6.42 Å². The molecule has 2 aliphatic carbocycles. The summed E-state index contributed by atoms with van der Waals surface area (Å²) in [5.41, 5.74) is 2.63. The Balaban J connectivity index is 1.90. The van der Waals surface area contributed by atoms with Crippen molar-refractivity contribution < 1.29 is 4.79 Å². The maximum absolute atomic E-state index is 12.7. The van der Waals surface area contributed by atoms with Crippen molar-refractivity contribution in [2.24, 2.45) is 5.41 Å². The first-order valence-electron chi connectivity index (χ1n) is 7.28. The van der Waals surface area contributed by atoms with Crippen molar-refractivity contribution in [2.75, 3.05) is 0 Å². The van der Waals surface area contributed by atoms with Gasteiger partial charge in [0.2, 0.25) is 11.5 Å². The van der Waals surface area contributed by atoms with Crippen molar-refractivity contribution >= 4 is 23.1 Å². The summed E-state index contributed by atoms with van der Waals surface area (Å²) in [5, 5.41) is 3.51. The van der Waals surface area contributed by atoms with Gasteiger partial charge in [0.15, 0.2) is 0 Å². The molecule has 3 aliphatic rings. The fourth-order valence-electron chi connectivity index (χ4n) is 3.37. The second kappa shape index (κ2) is 4.96. The van der Waals surface area contributed by atoms with Crippen LogP contribution in [-0.4, -0.2) is 10.9 Å². The first-order chi connectivity index (χ1) is 11.1. The zero-order chi connectivity index (χ0) is 16.0. The Labute approximate surface area is 137 Å². The molecule has 1 aliphatic heterocycles. The lowest BCUT2D eigenvalue weighted by molar-refractivity contribution is -0.126. The van der Waals surface area contributed by atoms with Crippen molar-refractivity contribution in [3.63, 3.8) is 0 Å². The Morgan fingerprint density at radius 2 is 2.09 bits per heavy atom. The molecule has 23 heavy (non-hydrogen) atoms. The molecule has 0 aromatic carbocycles. The largest absolute Gasteiger partial charge is 0.331 e. The summed E-state index contributed by atoms with van der Waals surface area (Å²) in [6.07, 6.45) is 13.4. The van der Waals surface area contributed by atoms with Gasteiger partial charge in [0, 0.05) is 29.1 Å². The van der Waals surface area contributed by atoms with Crippen LogP contribution in [0.1, 0.15) is 12.0 Å². The minimum absolute atomic E-state index is 0.0621. The molecule has 4 rings (SSSR count). The van der Waals surface area contributed by atoms with E-state index in [1.165, 1.54) is 6.07 Å². The molecule has 4 nitrogen and oxygen atoms in total. The number of amides is 1. The quantitative estimate of drug-likeness (QED) is 0.834. The number of aromatic nitrogens is 1. The molecule has 1 unspecified atom stereocenters. The summed E-state index contributed by atoms with van der Waals surface area (Å²) >= 11 is 6.13. The summed E-state index contributed by atoms with van der Waals surface area (Å²) in [6, 6.07) is 3.23. The number of halogens is 1. The van der Waals surface area contributed by atoms with Crippen molar-refractivity contribution in [1.29, 1.82) is 0 Å². The Bertz CT molecular complexity index is 910. The van der Waals surface area contributed by atoms with E-state index in [0.717, 1.165) is 22.3 Å². The van der Waals surface area contributed by atoms with E-state index in [1.54, 1.807) is 18.5 Å². The van der Waals surface area contributed by atoms with Gasteiger partial charge < -0.3 is 10.3 Å². The fraction of sp³-hybridized carbons (Fsp3) is 0.111. The highest BCUT2D eigenvalue weighted by molar-refractivity contribution is 6.31. The first-order valence-corrected chi connectivity index (χ1v) is 7.66. The number of H-pyrrole nitrogens is 1. The number of carbonyl (C=O) groups excluding carboxylic acids is 1. The third-order valence-corrected chi connectivity index (χ3v) is 4.77. The molecular weight excluding hydrogens is 312 g/mol. The number of allylic oxidation sites excluding steroid dienone is 7. The number of nitrogens with one attached hydrogen (secondary N) is 2. The van der Waals surface area contributed by atoms with E-state index in [0.29, 0.717) is 11.5 Å². The first kappa shape index (κ1) is 14.0. The van der Waals surface area contributed by atoms with Crippen LogP contribution in [0.2, 0.25) is 0 Å². The summed E-state index contributed by atoms with van der Waals surface area (Å²) in [7, 11) is 0. The Kier molecular flexibility index (Phi) is 3.03. The van der Waals surface area contributed by atoms with Crippen LogP contribution in [0.4, 0.5) is 0 Å². The highest BCUT2D eigenvalue weighted by Crippen LogP contribution is 2.52. The molecule has 114 valence electrons. The van der Waals surface area contributed by atoms with Crippen LogP contribution in [0.5, 0.6) is 0 Å². The molecule has 1 aromatic rings. The molecule has 0 radical (unpaired) electrons. The highest BCUT2D eigenvalue weighted by atomic mass is 35.5. The van der Waals surface area contributed by atoms with E-state index in [-0.39, 0.29) is 11.5 Å². The van der Waals surface area contributed by atoms with Gasteiger partial charge in [0.1, 0.15) is 5.41 Å². The number of hydrogen-bond donors (Lipinski definition) is 2. The summed E-state index contributed by atoms with van der Waals surface area (Å²) in [5.74, 6) is -0.0621. The zero-order valence-electron chi connectivity index (χ0n) is 12.1. The van der Waals surface area contributed by atoms with E-state index < -0.39 is 5.41 Å². The summed E-state index contributed by atoms with van der Waals surface area (Å²) in [4.78, 5) is 26.7. The van der Waals surface area contributed by atoms with Crippen LogP contribution in [0.15, 0.2) is 75.9 Å². The Morgan fingerprint density at radius 1 is 1.22 bits per heavy atom. The minimum atomic E-state index is -0.757. The monoisotopic (exact) mass is 324 g/mol. The number of aromatic amines is 1. The van der Waals surface area contributed by atoms with Gasteiger partial charge in [-0.2, -0.15) is 0 Å². The molecule has 1 amide bonds. The predicted octanol–water partition coefficient (Wildman–Crippen LogP) is 2.78. The zero-order valence-corrected chi connectivity index (χ0v) is 12.9. The van der Waals surface area contributed by atoms with Gasteiger partial charge in [-0.1, -0.05) is 35.9 Å². The van der Waals surface area contributed by atoms with Gasteiger partial charge >= 0.3 is 0 Å². The van der Waals surface area contributed by atoms with Crippen molar-refractivity contribution in [3.05, 3.63) is 87.0 Å². The van der Waals surface area contributed by atoms with Gasteiger partial charge in [-0.15, -0.1) is 0 Å². The molecule has 0 fully saturated rings. The van der Waals surface area contributed by atoms with E-state index in [9.17, 15) is 9.59 Å². The SMILES string of the molecule is O=C1NC=C(c2ccc(=O)[nH]c2)C2=CC=CC3=CC(Cl)=CCC132. The van der Waals surface area contributed by atoms with E-state index >= 15 is 0 Å². The van der Waals surface area contributed by atoms with E-state index in [2.05, 4.69) is 10.3 Å². The number of pyridine rings is 1. The topological polar surface area (TPSA) is 62.0 Å².